The molecule has 1 aromatic carbocycles. The summed E-state index contributed by atoms with van der Waals surface area (Å²) in [5.74, 6) is 0.451. The van der Waals surface area contributed by atoms with Gasteiger partial charge in [-0.25, -0.2) is 0 Å². The van der Waals surface area contributed by atoms with Crippen LogP contribution in [0.5, 0.6) is 0 Å². The Kier molecular flexibility index (Phi) is 6.37. The fourth-order valence-corrected chi connectivity index (χ4v) is 3.51. The lowest BCUT2D eigenvalue weighted by Crippen LogP contribution is -2.38. The average Bonchev–Trinajstić information content (AvgIpc) is 3.00. The van der Waals surface area contributed by atoms with Gasteiger partial charge < -0.3 is 5.32 Å². The summed E-state index contributed by atoms with van der Waals surface area (Å²) >= 11 is 1.70. The van der Waals surface area contributed by atoms with E-state index in [1.165, 1.54) is 16.0 Å². The van der Waals surface area contributed by atoms with E-state index in [9.17, 15) is 4.79 Å². The highest BCUT2D eigenvalue weighted by molar-refractivity contribution is 7.10. The van der Waals surface area contributed by atoms with Crippen LogP contribution in [-0.2, 0) is 11.3 Å². The third-order valence-electron chi connectivity index (χ3n) is 3.82. The molecule has 0 aliphatic carbocycles. The first-order valence-electron chi connectivity index (χ1n) is 8.02. The molecule has 1 heterocycles. The van der Waals surface area contributed by atoms with Gasteiger partial charge in [0, 0.05) is 11.4 Å². The Balaban J connectivity index is 1.88. The van der Waals surface area contributed by atoms with Crippen molar-refractivity contribution in [3.63, 3.8) is 0 Å². The molecular formula is C19H26N2OS. The van der Waals surface area contributed by atoms with Crippen molar-refractivity contribution in [1.82, 2.24) is 10.2 Å². The number of carbonyl (C=O) groups excluding carboxylic acids is 1. The number of carbonyl (C=O) groups is 1. The second-order valence-electron chi connectivity index (χ2n) is 6.46. The minimum atomic E-state index is 0.0757. The number of thiophene rings is 1. The summed E-state index contributed by atoms with van der Waals surface area (Å²) in [6.07, 6.45) is 0. The standard InChI is InChI=1S/C19H26N2OS/c1-14(2)19(17-6-5-11-23-17)20-18(22)13-21(4)12-16-9-7-15(3)8-10-16/h5-11,14,19H,12-13H2,1-4H3,(H,20,22)/t19-/m0/s1. The molecule has 1 amide bonds. The van der Waals surface area contributed by atoms with Crippen molar-refractivity contribution in [2.75, 3.05) is 13.6 Å². The lowest BCUT2D eigenvalue weighted by molar-refractivity contribution is -0.123. The summed E-state index contributed by atoms with van der Waals surface area (Å²) < 4.78 is 0. The summed E-state index contributed by atoms with van der Waals surface area (Å²) in [5, 5.41) is 5.23. The number of nitrogens with one attached hydrogen (secondary N) is 1. The number of aryl methyl sites for hydroxylation is 1. The van der Waals surface area contributed by atoms with Crippen molar-refractivity contribution in [1.29, 1.82) is 0 Å². The van der Waals surface area contributed by atoms with Gasteiger partial charge in [-0.1, -0.05) is 49.7 Å². The Bertz CT molecular complexity index is 605. The van der Waals surface area contributed by atoms with E-state index in [1.54, 1.807) is 11.3 Å². The highest BCUT2D eigenvalue weighted by atomic mass is 32.1. The highest BCUT2D eigenvalue weighted by Gasteiger charge is 2.19. The number of rotatable bonds is 7. The van der Waals surface area contributed by atoms with Gasteiger partial charge >= 0.3 is 0 Å². The molecule has 0 aliphatic rings. The minimum Gasteiger partial charge on any atom is -0.347 e. The molecule has 2 aromatic rings. The van der Waals surface area contributed by atoms with Crippen molar-refractivity contribution in [3.8, 4) is 0 Å². The van der Waals surface area contributed by atoms with Gasteiger partial charge in [0.15, 0.2) is 0 Å². The molecule has 0 radical (unpaired) electrons. The summed E-state index contributed by atoms with van der Waals surface area (Å²) in [5.41, 5.74) is 2.48. The zero-order chi connectivity index (χ0) is 16.8. The van der Waals surface area contributed by atoms with Crippen molar-refractivity contribution in [3.05, 3.63) is 57.8 Å². The van der Waals surface area contributed by atoms with E-state index < -0.39 is 0 Å². The molecule has 2 rings (SSSR count). The SMILES string of the molecule is Cc1ccc(CN(C)CC(=O)N[C@H](c2cccs2)C(C)C)cc1. The van der Waals surface area contributed by atoms with Crippen LogP contribution < -0.4 is 5.32 Å². The highest BCUT2D eigenvalue weighted by Crippen LogP contribution is 2.25. The van der Waals surface area contributed by atoms with Crippen LogP contribution in [0.4, 0.5) is 0 Å². The van der Waals surface area contributed by atoms with Gasteiger partial charge in [0.05, 0.1) is 12.6 Å². The van der Waals surface area contributed by atoms with E-state index in [0.29, 0.717) is 12.5 Å². The molecule has 124 valence electrons. The maximum absolute atomic E-state index is 12.4. The Morgan fingerprint density at radius 1 is 1.22 bits per heavy atom. The third kappa shape index (κ3) is 5.48. The van der Waals surface area contributed by atoms with Crippen LogP contribution in [0.3, 0.4) is 0 Å². The normalized spacial score (nSPS) is 12.6. The molecular weight excluding hydrogens is 304 g/mol. The fourth-order valence-electron chi connectivity index (χ4n) is 2.56. The summed E-state index contributed by atoms with van der Waals surface area (Å²) in [7, 11) is 1.98. The Labute approximate surface area is 143 Å². The van der Waals surface area contributed by atoms with Crippen LogP contribution in [-0.4, -0.2) is 24.4 Å². The molecule has 0 saturated carbocycles. The molecule has 0 fully saturated rings. The molecule has 23 heavy (non-hydrogen) atoms. The molecule has 1 N–H and O–H groups in total. The predicted octanol–water partition coefficient (Wildman–Crippen LogP) is 4.00. The van der Waals surface area contributed by atoms with Crippen molar-refractivity contribution in [2.45, 2.75) is 33.4 Å². The largest absolute Gasteiger partial charge is 0.347 e. The first-order chi connectivity index (χ1) is 11.0. The van der Waals surface area contributed by atoms with Gasteiger partial charge in [0.25, 0.3) is 0 Å². The lowest BCUT2D eigenvalue weighted by atomic mass is 10.0. The average molecular weight is 330 g/mol. The second kappa shape index (κ2) is 8.27. The summed E-state index contributed by atoms with van der Waals surface area (Å²) in [6.45, 7) is 7.54. The lowest BCUT2D eigenvalue weighted by Gasteiger charge is -2.23. The monoisotopic (exact) mass is 330 g/mol. The van der Waals surface area contributed by atoms with Crippen LogP contribution in [0.15, 0.2) is 41.8 Å². The molecule has 1 atom stereocenters. The van der Waals surface area contributed by atoms with Crippen LogP contribution in [0, 0.1) is 12.8 Å². The fraction of sp³-hybridized carbons (Fsp3) is 0.421. The number of amides is 1. The third-order valence-corrected chi connectivity index (χ3v) is 4.77. The van der Waals surface area contributed by atoms with Crippen molar-refractivity contribution < 1.29 is 4.79 Å². The zero-order valence-corrected chi connectivity index (χ0v) is 15.2. The van der Waals surface area contributed by atoms with E-state index >= 15 is 0 Å². The van der Waals surface area contributed by atoms with Crippen molar-refractivity contribution >= 4 is 17.2 Å². The maximum atomic E-state index is 12.4. The summed E-state index contributed by atoms with van der Waals surface area (Å²) in [4.78, 5) is 15.6. The predicted molar refractivity (Wildman–Crippen MR) is 97.6 cm³/mol. The zero-order valence-electron chi connectivity index (χ0n) is 14.4. The molecule has 0 saturated heterocycles. The first kappa shape index (κ1) is 17.7. The molecule has 0 bridgehead atoms. The van der Waals surface area contributed by atoms with Gasteiger partial charge in [-0.15, -0.1) is 11.3 Å². The van der Waals surface area contributed by atoms with E-state index in [1.807, 2.05) is 18.0 Å². The quantitative estimate of drug-likeness (QED) is 0.832. The van der Waals surface area contributed by atoms with E-state index in [4.69, 9.17) is 0 Å². The molecule has 1 aromatic heterocycles. The smallest absolute Gasteiger partial charge is 0.234 e. The van der Waals surface area contributed by atoms with Crippen LogP contribution in [0.2, 0.25) is 0 Å². The van der Waals surface area contributed by atoms with Crippen LogP contribution in [0.1, 0.15) is 35.9 Å². The molecule has 0 spiro atoms. The topological polar surface area (TPSA) is 32.3 Å². The van der Waals surface area contributed by atoms with E-state index in [2.05, 4.69) is 61.8 Å². The minimum absolute atomic E-state index is 0.0757. The number of benzene rings is 1. The van der Waals surface area contributed by atoms with Gasteiger partial charge in [-0.05, 0) is 36.9 Å². The molecule has 0 unspecified atom stereocenters. The van der Waals surface area contributed by atoms with Gasteiger partial charge in [-0.2, -0.15) is 0 Å². The van der Waals surface area contributed by atoms with Crippen LogP contribution in [0.25, 0.3) is 0 Å². The van der Waals surface area contributed by atoms with E-state index in [0.717, 1.165) is 6.54 Å². The van der Waals surface area contributed by atoms with Crippen molar-refractivity contribution in [2.24, 2.45) is 5.92 Å². The molecule has 3 nitrogen and oxygen atoms in total. The van der Waals surface area contributed by atoms with Gasteiger partial charge in [0.1, 0.15) is 0 Å². The van der Waals surface area contributed by atoms with Gasteiger partial charge in [-0.3, -0.25) is 9.69 Å². The first-order valence-corrected chi connectivity index (χ1v) is 8.90. The molecule has 0 aliphatic heterocycles. The summed E-state index contributed by atoms with van der Waals surface area (Å²) in [6, 6.07) is 12.7. The Morgan fingerprint density at radius 3 is 2.48 bits per heavy atom. The van der Waals surface area contributed by atoms with Crippen LogP contribution >= 0.6 is 11.3 Å². The molecule has 4 heteroatoms. The number of likely N-dealkylation sites (N-methyl/N-ethyl adjacent to an activating group) is 1. The maximum Gasteiger partial charge on any atom is 0.234 e. The number of hydrogen-bond donors (Lipinski definition) is 1. The number of nitrogens with zero attached hydrogens (tertiary/aromatic N) is 1. The second-order valence-corrected chi connectivity index (χ2v) is 7.44. The Morgan fingerprint density at radius 2 is 1.91 bits per heavy atom. The Hall–Kier alpha value is -1.65. The van der Waals surface area contributed by atoms with Gasteiger partial charge in [0.2, 0.25) is 5.91 Å². The number of hydrogen-bond acceptors (Lipinski definition) is 3. The van der Waals surface area contributed by atoms with E-state index in [-0.39, 0.29) is 11.9 Å².